The van der Waals surface area contributed by atoms with E-state index in [1.807, 2.05) is 18.2 Å². The molecule has 88 valence electrons. The Morgan fingerprint density at radius 3 is 2.38 bits per heavy atom. The van der Waals surface area contributed by atoms with Gasteiger partial charge in [0.15, 0.2) is 0 Å². The van der Waals surface area contributed by atoms with Crippen LogP contribution in [0.2, 0.25) is 0 Å². The Balaban J connectivity index is 2.30. The van der Waals surface area contributed by atoms with Crippen molar-refractivity contribution in [3.63, 3.8) is 0 Å². The minimum absolute atomic E-state index is 0.0152. The molecule has 0 spiro atoms. The molecule has 1 aliphatic carbocycles. The maximum Gasteiger partial charge on any atom is 0.102 e. The highest BCUT2D eigenvalue weighted by Crippen LogP contribution is 2.60. The Morgan fingerprint density at radius 1 is 1.31 bits per heavy atom. The van der Waals surface area contributed by atoms with Gasteiger partial charge in [0.05, 0.1) is 5.69 Å². The summed E-state index contributed by atoms with van der Waals surface area (Å²) in [5, 5.41) is 10.6. The van der Waals surface area contributed by atoms with Crippen LogP contribution in [0.15, 0.2) is 24.4 Å². The maximum atomic E-state index is 10.6. The van der Waals surface area contributed by atoms with Crippen molar-refractivity contribution in [2.45, 2.75) is 46.1 Å². The zero-order chi connectivity index (χ0) is 11.8. The minimum Gasteiger partial charge on any atom is -0.386 e. The first kappa shape index (κ1) is 11.6. The minimum atomic E-state index is -0.428. The lowest BCUT2D eigenvalue weighted by molar-refractivity contribution is -0.116. The number of aromatic nitrogens is 1. The van der Waals surface area contributed by atoms with Gasteiger partial charge in [-0.3, -0.25) is 4.98 Å². The summed E-state index contributed by atoms with van der Waals surface area (Å²) in [6.07, 6.45) is 4.76. The molecule has 0 aromatic carbocycles. The van der Waals surface area contributed by atoms with Crippen molar-refractivity contribution >= 4 is 0 Å². The summed E-state index contributed by atoms with van der Waals surface area (Å²) in [6, 6.07) is 5.76. The van der Waals surface area contributed by atoms with Crippen molar-refractivity contribution < 1.29 is 5.11 Å². The first-order chi connectivity index (χ1) is 7.47. The number of rotatable bonds is 2. The normalized spacial score (nSPS) is 21.2. The molecule has 0 bridgehead atoms. The number of aliphatic hydroxyl groups is 1. The summed E-state index contributed by atoms with van der Waals surface area (Å²) >= 11 is 0. The van der Waals surface area contributed by atoms with E-state index in [1.54, 1.807) is 6.20 Å². The van der Waals surface area contributed by atoms with Gasteiger partial charge in [-0.2, -0.15) is 0 Å². The average Bonchev–Trinajstić information content (AvgIpc) is 2.15. The number of aliphatic hydroxyl groups excluding tert-OH is 1. The van der Waals surface area contributed by atoms with Crippen LogP contribution in [-0.4, -0.2) is 10.1 Å². The molecule has 0 aliphatic heterocycles. The fourth-order valence-corrected chi connectivity index (χ4v) is 2.81. The lowest BCUT2D eigenvalue weighted by Gasteiger charge is -2.54. The van der Waals surface area contributed by atoms with Gasteiger partial charge in [0.2, 0.25) is 0 Å². The molecule has 1 saturated carbocycles. The van der Waals surface area contributed by atoms with Crippen LogP contribution in [0.3, 0.4) is 0 Å². The predicted octanol–water partition coefficient (Wildman–Crippen LogP) is 3.33. The van der Waals surface area contributed by atoms with Crippen LogP contribution in [-0.2, 0) is 0 Å². The largest absolute Gasteiger partial charge is 0.386 e. The molecule has 2 rings (SSSR count). The third-order valence-electron chi connectivity index (χ3n) is 4.23. The van der Waals surface area contributed by atoms with Crippen LogP contribution in [0.4, 0.5) is 0 Å². The van der Waals surface area contributed by atoms with Crippen molar-refractivity contribution in [1.82, 2.24) is 4.98 Å². The molecule has 0 saturated heterocycles. The zero-order valence-electron chi connectivity index (χ0n) is 10.4. The number of hydrogen-bond donors (Lipinski definition) is 1. The molecule has 1 atom stereocenters. The van der Waals surface area contributed by atoms with Gasteiger partial charge in [-0.05, 0) is 30.4 Å². The monoisotopic (exact) mass is 219 g/mol. The highest BCUT2D eigenvalue weighted by molar-refractivity contribution is 5.14. The molecule has 2 heteroatoms. The summed E-state index contributed by atoms with van der Waals surface area (Å²) in [5.41, 5.74) is 0.959. The van der Waals surface area contributed by atoms with E-state index in [1.165, 1.54) is 6.42 Å². The van der Waals surface area contributed by atoms with Gasteiger partial charge in [-0.15, -0.1) is 0 Å². The molecule has 1 heterocycles. The van der Waals surface area contributed by atoms with Crippen molar-refractivity contribution in [2.75, 3.05) is 0 Å². The second kappa shape index (κ2) is 3.85. The highest BCUT2D eigenvalue weighted by atomic mass is 16.3. The molecular formula is C14H21NO. The van der Waals surface area contributed by atoms with Crippen molar-refractivity contribution in [3.8, 4) is 0 Å². The second-order valence-electron chi connectivity index (χ2n) is 5.92. The number of nitrogens with zero attached hydrogens (tertiary/aromatic N) is 1. The summed E-state index contributed by atoms with van der Waals surface area (Å²) in [4.78, 5) is 4.29. The lowest BCUT2D eigenvalue weighted by atomic mass is 9.52. The van der Waals surface area contributed by atoms with E-state index in [0.29, 0.717) is 0 Å². The van der Waals surface area contributed by atoms with Gasteiger partial charge in [0, 0.05) is 11.6 Å². The van der Waals surface area contributed by atoms with Crippen molar-refractivity contribution in [3.05, 3.63) is 30.1 Å². The number of hydrogen-bond acceptors (Lipinski definition) is 2. The lowest BCUT2D eigenvalue weighted by Crippen LogP contribution is -2.46. The molecule has 1 N–H and O–H groups in total. The molecule has 2 nitrogen and oxygen atoms in total. The standard InChI is InChI=1S/C14H21NO/c1-13(2,3)14(8-6-9-14)12(16)11-7-4-5-10-15-11/h4-5,7,10,12,16H,6,8-9H2,1-3H3. The smallest absolute Gasteiger partial charge is 0.102 e. The molecule has 16 heavy (non-hydrogen) atoms. The molecule has 1 aromatic rings. The van der Waals surface area contributed by atoms with Gasteiger partial charge in [-0.25, -0.2) is 0 Å². The van der Waals surface area contributed by atoms with E-state index in [2.05, 4.69) is 25.8 Å². The first-order valence-electron chi connectivity index (χ1n) is 6.06. The van der Waals surface area contributed by atoms with E-state index in [0.717, 1.165) is 18.5 Å². The van der Waals surface area contributed by atoms with Crippen LogP contribution in [0, 0.1) is 10.8 Å². The fraction of sp³-hybridized carbons (Fsp3) is 0.643. The van der Waals surface area contributed by atoms with Crippen LogP contribution < -0.4 is 0 Å². The van der Waals surface area contributed by atoms with Gasteiger partial charge in [0.1, 0.15) is 6.10 Å². The average molecular weight is 219 g/mol. The molecular weight excluding hydrogens is 198 g/mol. The third-order valence-corrected chi connectivity index (χ3v) is 4.23. The van der Waals surface area contributed by atoms with E-state index in [-0.39, 0.29) is 10.8 Å². The SMILES string of the molecule is CC(C)(C)C1(C(O)c2ccccn2)CCC1. The van der Waals surface area contributed by atoms with Gasteiger partial charge in [0.25, 0.3) is 0 Å². The van der Waals surface area contributed by atoms with Crippen molar-refractivity contribution in [1.29, 1.82) is 0 Å². The molecule has 1 aliphatic rings. The molecule has 1 fully saturated rings. The Hall–Kier alpha value is -0.890. The Labute approximate surface area is 97.7 Å². The molecule has 0 radical (unpaired) electrons. The van der Waals surface area contributed by atoms with E-state index in [9.17, 15) is 5.11 Å². The Kier molecular flexibility index (Phi) is 2.79. The predicted molar refractivity (Wildman–Crippen MR) is 64.9 cm³/mol. The number of pyridine rings is 1. The first-order valence-corrected chi connectivity index (χ1v) is 6.06. The van der Waals surface area contributed by atoms with E-state index in [4.69, 9.17) is 0 Å². The van der Waals surface area contributed by atoms with Crippen LogP contribution in [0.5, 0.6) is 0 Å². The Morgan fingerprint density at radius 2 is 2.00 bits per heavy atom. The Bertz CT molecular complexity index is 349. The molecule has 1 aromatic heterocycles. The highest BCUT2D eigenvalue weighted by Gasteiger charge is 2.52. The molecule has 0 amide bonds. The molecule has 1 unspecified atom stereocenters. The van der Waals surface area contributed by atoms with Crippen molar-refractivity contribution in [2.24, 2.45) is 10.8 Å². The van der Waals surface area contributed by atoms with Gasteiger partial charge in [-0.1, -0.05) is 33.3 Å². The third kappa shape index (κ3) is 1.65. The van der Waals surface area contributed by atoms with Crippen LogP contribution in [0.25, 0.3) is 0 Å². The van der Waals surface area contributed by atoms with Crippen LogP contribution in [0.1, 0.15) is 51.8 Å². The quantitative estimate of drug-likeness (QED) is 0.827. The summed E-state index contributed by atoms with van der Waals surface area (Å²) in [5.74, 6) is 0. The summed E-state index contributed by atoms with van der Waals surface area (Å²) in [6.45, 7) is 6.66. The van der Waals surface area contributed by atoms with Crippen LogP contribution >= 0.6 is 0 Å². The summed E-state index contributed by atoms with van der Waals surface area (Å²) in [7, 11) is 0. The topological polar surface area (TPSA) is 33.1 Å². The van der Waals surface area contributed by atoms with E-state index < -0.39 is 6.10 Å². The fourth-order valence-electron chi connectivity index (χ4n) is 2.81. The zero-order valence-corrected chi connectivity index (χ0v) is 10.4. The van der Waals surface area contributed by atoms with Gasteiger partial charge < -0.3 is 5.11 Å². The maximum absolute atomic E-state index is 10.6. The van der Waals surface area contributed by atoms with E-state index >= 15 is 0 Å². The van der Waals surface area contributed by atoms with Gasteiger partial charge >= 0.3 is 0 Å². The summed E-state index contributed by atoms with van der Waals surface area (Å²) < 4.78 is 0. The second-order valence-corrected chi connectivity index (χ2v) is 5.92.